The van der Waals surface area contributed by atoms with Gasteiger partial charge in [0.25, 0.3) is 0 Å². The molecule has 0 saturated carbocycles. The van der Waals surface area contributed by atoms with Crippen LogP contribution in [0.2, 0.25) is 5.02 Å². The van der Waals surface area contributed by atoms with Gasteiger partial charge in [0.05, 0.1) is 19.3 Å². The fraction of sp³-hybridized carbons (Fsp3) is 0.375. The Labute approximate surface area is 118 Å². The van der Waals surface area contributed by atoms with Crippen LogP contribution in [-0.2, 0) is 11.2 Å². The van der Waals surface area contributed by atoms with E-state index in [0.717, 1.165) is 36.6 Å². The lowest BCUT2D eigenvalue weighted by molar-refractivity contribution is 0.122. The summed E-state index contributed by atoms with van der Waals surface area (Å²) in [6, 6.07) is 10.7. The zero-order chi connectivity index (χ0) is 13.2. The highest BCUT2D eigenvalue weighted by Gasteiger charge is 2.21. The van der Waals surface area contributed by atoms with Crippen molar-refractivity contribution in [2.24, 2.45) is 0 Å². The lowest BCUT2D eigenvalue weighted by Gasteiger charge is -2.19. The predicted molar refractivity (Wildman–Crippen MR) is 79.9 cm³/mol. The standard InChI is InChI=1S/C16H18ClNO/c1-2-18-16-10-19-8-7-12-11-5-3-4-6-13(11)15(17)9-14(12)16/h3-6,9,16,18H,2,7-8,10H2,1H3. The van der Waals surface area contributed by atoms with Crippen molar-refractivity contribution in [2.45, 2.75) is 19.4 Å². The summed E-state index contributed by atoms with van der Waals surface area (Å²) in [5.74, 6) is 0. The van der Waals surface area contributed by atoms with Crippen molar-refractivity contribution in [3.8, 4) is 0 Å². The minimum atomic E-state index is 0.240. The SMILES string of the molecule is CCNC1COCCc2c1cc(Cl)c1ccccc21. The van der Waals surface area contributed by atoms with E-state index in [0.29, 0.717) is 0 Å². The van der Waals surface area contributed by atoms with Crippen LogP contribution in [0.25, 0.3) is 10.8 Å². The summed E-state index contributed by atoms with van der Waals surface area (Å²) in [6.45, 7) is 4.54. The number of halogens is 1. The topological polar surface area (TPSA) is 21.3 Å². The zero-order valence-corrected chi connectivity index (χ0v) is 11.8. The highest BCUT2D eigenvalue weighted by Crippen LogP contribution is 2.34. The van der Waals surface area contributed by atoms with Crippen molar-refractivity contribution in [1.82, 2.24) is 5.32 Å². The maximum atomic E-state index is 6.44. The van der Waals surface area contributed by atoms with Gasteiger partial charge in [-0.25, -0.2) is 0 Å². The van der Waals surface area contributed by atoms with Gasteiger partial charge in [-0.1, -0.05) is 42.8 Å². The highest BCUT2D eigenvalue weighted by atomic mass is 35.5. The van der Waals surface area contributed by atoms with Crippen LogP contribution in [0.4, 0.5) is 0 Å². The fourth-order valence-corrected chi connectivity index (χ4v) is 3.16. The molecule has 0 aliphatic carbocycles. The normalized spacial score (nSPS) is 19.2. The maximum absolute atomic E-state index is 6.44. The quantitative estimate of drug-likeness (QED) is 0.902. The average molecular weight is 276 g/mol. The van der Waals surface area contributed by atoms with E-state index in [-0.39, 0.29) is 6.04 Å². The number of benzene rings is 2. The van der Waals surface area contributed by atoms with Gasteiger partial charge >= 0.3 is 0 Å². The molecule has 1 heterocycles. The molecule has 100 valence electrons. The first-order valence-electron chi connectivity index (χ1n) is 6.82. The van der Waals surface area contributed by atoms with Gasteiger partial charge in [-0.15, -0.1) is 0 Å². The molecule has 0 amide bonds. The molecule has 0 aromatic heterocycles. The molecular weight excluding hydrogens is 258 g/mol. The molecule has 2 aromatic carbocycles. The Kier molecular flexibility index (Phi) is 3.74. The van der Waals surface area contributed by atoms with Crippen LogP contribution in [-0.4, -0.2) is 19.8 Å². The van der Waals surface area contributed by atoms with Gasteiger partial charge in [0.15, 0.2) is 0 Å². The van der Waals surface area contributed by atoms with Crippen molar-refractivity contribution in [1.29, 1.82) is 0 Å². The van der Waals surface area contributed by atoms with E-state index in [1.807, 2.05) is 6.07 Å². The molecular formula is C16H18ClNO. The third-order valence-corrected chi connectivity index (χ3v) is 4.06. The molecule has 2 nitrogen and oxygen atoms in total. The van der Waals surface area contributed by atoms with Crippen molar-refractivity contribution in [3.63, 3.8) is 0 Å². The molecule has 3 heteroatoms. The van der Waals surface area contributed by atoms with Crippen LogP contribution in [0, 0.1) is 0 Å². The lowest BCUT2D eigenvalue weighted by atomic mass is 9.93. The molecule has 0 radical (unpaired) electrons. The van der Waals surface area contributed by atoms with E-state index in [4.69, 9.17) is 16.3 Å². The summed E-state index contributed by atoms with van der Waals surface area (Å²) >= 11 is 6.44. The molecule has 0 spiro atoms. The maximum Gasteiger partial charge on any atom is 0.0661 e. The molecule has 1 N–H and O–H groups in total. The minimum Gasteiger partial charge on any atom is -0.379 e. The van der Waals surface area contributed by atoms with E-state index >= 15 is 0 Å². The average Bonchev–Trinajstić information content (AvgIpc) is 2.63. The number of fused-ring (bicyclic) bond motifs is 3. The van der Waals surface area contributed by atoms with Gasteiger partial charge in [0.2, 0.25) is 0 Å². The molecule has 1 aliphatic heterocycles. The second-order valence-corrected chi connectivity index (χ2v) is 5.31. The Morgan fingerprint density at radius 2 is 2.11 bits per heavy atom. The third kappa shape index (κ3) is 2.36. The second kappa shape index (κ2) is 5.49. The van der Waals surface area contributed by atoms with Gasteiger partial charge in [-0.2, -0.15) is 0 Å². The van der Waals surface area contributed by atoms with E-state index < -0.39 is 0 Å². The number of likely N-dealkylation sites (N-methyl/N-ethyl adjacent to an activating group) is 1. The summed E-state index contributed by atoms with van der Waals surface area (Å²) in [4.78, 5) is 0. The molecule has 1 atom stereocenters. The van der Waals surface area contributed by atoms with E-state index in [2.05, 4.69) is 36.5 Å². The fourth-order valence-electron chi connectivity index (χ4n) is 2.88. The molecule has 0 fully saturated rings. The predicted octanol–water partition coefficient (Wildman–Crippen LogP) is 3.72. The molecule has 0 bridgehead atoms. The van der Waals surface area contributed by atoms with Gasteiger partial charge in [-0.3, -0.25) is 0 Å². The zero-order valence-electron chi connectivity index (χ0n) is 11.1. The number of hydrogen-bond donors (Lipinski definition) is 1. The number of ether oxygens (including phenoxy) is 1. The first kappa shape index (κ1) is 12.9. The largest absolute Gasteiger partial charge is 0.379 e. The minimum absolute atomic E-state index is 0.240. The smallest absolute Gasteiger partial charge is 0.0661 e. The molecule has 0 saturated heterocycles. The van der Waals surface area contributed by atoms with Crippen LogP contribution in [0.1, 0.15) is 24.1 Å². The summed E-state index contributed by atoms with van der Waals surface area (Å²) < 4.78 is 5.73. The Morgan fingerprint density at radius 3 is 2.89 bits per heavy atom. The van der Waals surface area contributed by atoms with Crippen molar-refractivity contribution in [2.75, 3.05) is 19.8 Å². The first-order valence-corrected chi connectivity index (χ1v) is 7.20. The highest BCUT2D eigenvalue weighted by molar-refractivity contribution is 6.35. The molecule has 1 aliphatic rings. The first-order chi connectivity index (χ1) is 9.31. The Morgan fingerprint density at radius 1 is 1.32 bits per heavy atom. The van der Waals surface area contributed by atoms with Gasteiger partial charge in [0.1, 0.15) is 0 Å². The van der Waals surface area contributed by atoms with Crippen LogP contribution >= 0.6 is 11.6 Å². The summed E-state index contributed by atoms with van der Waals surface area (Å²) in [7, 11) is 0. The van der Waals surface area contributed by atoms with Crippen molar-refractivity contribution < 1.29 is 4.74 Å². The monoisotopic (exact) mass is 275 g/mol. The summed E-state index contributed by atoms with van der Waals surface area (Å²) in [5, 5.41) is 6.72. The molecule has 3 rings (SSSR count). The van der Waals surface area contributed by atoms with Crippen LogP contribution in [0.3, 0.4) is 0 Å². The number of nitrogens with one attached hydrogen (secondary N) is 1. The Hall–Kier alpha value is -1.09. The number of hydrogen-bond acceptors (Lipinski definition) is 2. The van der Waals surface area contributed by atoms with Crippen molar-refractivity contribution in [3.05, 3.63) is 46.5 Å². The van der Waals surface area contributed by atoms with Crippen LogP contribution in [0.5, 0.6) is 0 Å². The van der Waals surface area contributed by atoms with Crippen LogP contribution < -0.4 is 5.32 Å². The molecule has 2 aromatic rings. The summed E-state index contributed by atoms with van der Waals surface area (Å²) in [5.41, 5.74) is 2.67. The third-order valence-electron chi connectivity index (χ3n) is 3.75. The molecule has 1 unspecified atom stereocenters. The number of rotatable bonds is 2. The second-order valence-electron chi connectivity index (χ2n) is 4.91. The Balaban J connectivity index is 2.22. The summed E-state index contributed by atoms with van der Waals surface area (Å²) in [6.07, 6.45) is 0.953. The van der Waals surface area contributed by atoms with Gasteiger partial charge in [0, 0.05) is 10.4 Å². The molecule has 19 heavy (non-hydrogen) atoms. The van der Waals surface area contributed by atoms with Gasteiger partial charge < -0.3 is 10.1 Å². The van der Waals surface area contributed by atoms with Crippen LogP contribution in [0.15, 0.2) is 30.3 Å². The van der Waals surface area contributed by atoms with E-state index in [1.54, 1.807) is 0 Å². The Bertz CT molecular complexity index is 597. The van der Waals surface area contributed by atoms with Crippen molar-refractivity contribution >= 4 is 22.4 Å². The lowest BCUT2D eigenvalue weighted by Crippen LogP contribution is -2.24. The van der Waals surface area contributed by atoms with Gasteiger partial charge in [-0.05, 0) is 35.5 Å². The van der Waals surface area contributed by atoms with E-state index in [9.17, 15) is 0 Å². The van der Waals surface area contributed by atoms with E-state index in [1.165, 1.54) is 16.5 Å².